The van der Waals surface area contributed by atoms with Gasteiger partial charge in [-0.1, -0.05) is 18.2 Å². The Kier molecular flexibility index (Phi) is 6.92. The van der Waals surface area contributed by atoms with E-state index in [1.54, 1.807) is 10.9 Å². The summed E-state index contributed by atoms with van der Waals surface area (Å²) < 4.78 is 15.0. The molecule has 0 atom stereocenters. The number of aromatic nitrogens is 2. The summed E-state index contributed by atoms with van der Waals surface area (Å²) in [7, 11) is 1.83. The molecule has 0 aliphatic heterocycles. The number of carbonyl (C=O) groups excluding carboxylic acids is 2. The van der Waals surface area contributed by atoms with Gasteiger partial charge in [0.05, 0.1) is 18.4 Å². The van der Waals surface area contributed by atoms with Gasteiger partial charge in [-0.2, -0.15) is 5.10 Å². The molecule has 7 nitrogen and oxygen atoms in total. The fraction of sp³-hybridized carbons (Fsp3) is 0.227. The Labute approximate surface area is 174 Å². The van der Waals surface area contributed by atoms with Gasteiger partial charge in [-0.3, -0.25) is 14.5 Å². The molecule has 2 aromatic carbocycles. The van der Waals surface area contributed by atoms with Crippen LogP contribution >= 0.6 is 0 Å². The number of nitrogens with two attached hydrogens (primary N) is 1. The van der Waals surface area contributed by atoms with E-state index in [0.29, 0.717) is 12.2 Å². The number of benzene rings is 2. The Balaban J connectivity index is 1.65. The lowest BCUT2D eigenvalue weighted by Crippen LogP contribution is -2.40. The molecule has 1 aromatic heterocycles. The first-order chi connectivity index (χ1) is 14.4. The van der Waals surface area contributed by atoms with Crippen molar-refractivity contribution in [3.63, 3.8) is 0 Å². The highest BCUT2D eigenvalue weighted by molar-refractivity contribution is 5.95. The minimum Gasteiger partial charge on any atom is -0.370 e. The van der Waals surface area contributed by atoms with Gasteiger partial charge < -0.3 is 10.6 Å². The van der Waals surface area contributed by atoms with Crippen LogP contribution in [0.4, 0.5) is 10.1 Å². The molecular weight excluding hydrogens is 385 g/mol. The molecule has 0 fully saturated rings. The Morgan fingerprint density at radius 2 is 1.80 bits per heavy atom. The highest BCUT2D eigenvalue weighted by atomic mass is 19.1. The van der Waals surface area contributed by atoms with Crippen molar-refractivity contribution in [1.82, 2.24) is 14.7 Å². The van der Waals surface area contributed by atoms with E-state index in [-0.39, 0.29) is 25.4 Å². The lowest BCUT2D eigenvalue weighted by molar-refractivity contribution is -0.120. The van der Waals surface area contributed by atoms with Crippen molar-refractivity contribution in [3.05, 3.63) is 78.4 Å². The average Bonchev–Trinajstić information content (AvgIpc) is 3.18. The van der Waals surface area contributed by atoms with Gasteiger partial charge in [-0.15, -0.1) is 0 Å². The zero-order valence-electron chi connectivity index (χ0n) is 16.7. The smallest absolute Gasteiger partial charge is 0.241 e. The molecule has 0 saturated carbocycles. The minimum absolute atomic E-state index is 0.0245. The van der Waals surface area contributed by atoms with Crippen molar-refractivity contribution in [2.24, 2.45) is 5.73 Å². The van der Waals surface area contributed by atoms with Gasteiger partial charge in [-0.05, 0) is 43.4 Å². The first-order valence-corrected chi connectivity index (χ1v) is 9.54. The van der Waals surface area contributed by atoms with Gasteiger partial charge in [0.15, 0.2) is 0 Å². The molecule has 0 radical (unpaired) electrons. The van der Waals surface area contributed by atoms with E-state index in [9.17, 15) is 14.0 Å². The maximum atomic E-state index is 13.2. The summed E-state index contributed by atoms with van der Waals surface area (Å²) in [4.78, 5) is 27.4. The molecule has 3 aromatic rings. The second-order valence-electron chi connectivity index (χ2n) is 7.04. The molecule has 0 unspecified atom stereocenters. The first-order valence-electron chi connectivity index (χ1n) is 9.54. The molecule has 0 saturated heterocycles. The van der Waals surface area contributed by atoms with Crippen molar-refractivity contribution >= 4 is 17.5 Å². The highest BCUT2D eigenvalue weighted by Crippen LogP contribution is 2.16. The zero-order chi connectivity index (χ0) is 21.5. The van der Waals surface area contributed by atoms with Gasteiger partial charge in [0.1, 0.15) is 5.82 Å². The number of anilines is 1. The number of nitrogens with zero attached hydrogens (tertiary/aromatic N) is 4. The molecule has 1 heterocycles. The van der Waals surface area contributed by atoms with Crippen LogP contribution in [-0.2, 0) is 16.1 Å². The van der Waals surface area contributed by atoms with Gasteiger partial charge in [0.25, 0.3) is 0 Å². The number of primary amides is 1. The van der Waals surface area contributed by atoms with E-state index in [0.717, 1.165) is 11.3 Å². The molecule has 30 heavy (non-hydrogen) atoms. The summed E-state index contributed by atoms with van der Waals surface area (Å²) >= 11 is 0. The third-order valence-electron chi connectivity index (χ3n) is 4.54. The molecular formula is C22H24FN5O2. The fourth-order valence-corrected chi connectivity index (χ4v) is 3.09. The molecule has 156 valence electrons. The summed E-state index contributed by atoms with van der Waals surface area (Å²) in [6, 6.07) is 15.3. The van der Waals surface area contributed by atoms with Gasteiger partial charge >= 0.3 is 0 Å². The zero-order valence-corrected chi connectivity index (χ0v) is 16.7. The average molecular weight is 409 g/mol. The molecule has 0 spiro atoms. The van der Waals surface area contributed by atoms with Crippen molar-refractivity contribution < 1.29 is 14.0 Å². The number of likely N-dealkylation sites (N-methyl/N-ethyl adjacent to an activating group) is 1. The van der Waals surface area contributed by atoms with Crippen LogP contribution in [0.15, 0.2) is 67.0 Å². The van der Waals surface area contributed by atoms with Crippen LogP contribution in [-0.4, -0.2) is 46.6 Å². The highest BCUT2D eigenvalue weighted by Gasteiger charge is 2.19. The number of rotatable bonds is 9. The first kappa shape index (κ1) is 21.2. The van der Waals surface area contributed by atoms with Crippen molar-refractivity contribution in [2.75, 3.05) is 25.0 Å². The lowest BCUT2D eigenvalue weighted by atomic mass is 10.2. The Morgan fingerprint density at radius 3 is 2.47 bits per heavy atom. The quantitative estimate of drug-likeness (QED) is 0.588. The molecule has 0 aliphatic rings. The van der Waals surface area contributed by atoms with Crippen molar-refractivity contribution in [3.8, 4) is 5.69 Å². The standard InChI is InChI=1S/C22H24FN5O2/c1-26(14-17-13-25-28(15-17)20-5-3-2-4-6-20)16-22(30)27(12-11-21(24)29)19-9-7-18(23)8-10-19/h2-10,13,15H,11-12,14,16H2,1H3,(H2,24,29). The molecule has 0 aliphatic carbocycles. The summed E-state index contributed by atoms with van der Waals surface area (Å²) in [5.74, 6) is -1.11. The molecule has 2 amide bonds. The van der Waals surface area contributed by atoms with Crippen LogP contribution in [0.2, 0.25) is 0 Å². The summed E-state index contributed by atoms with van der Waals surface area (Å²) in [5.41, 5.74) is 7.67. The predicted molar refractivity (Wildman–Crippen MR) is 112 cm³/mol. The third kappa shape index (κ3) is 5.74. The lowest BCUT2D eigenvalue weighted by Gasteiger charge is -2.25. The minimum atomic E-state index is -0.503. The number of carbonyl (C=O) groups is 2. The van der Waals surface area contributed by atoms with Crippen LogP contribution in [0.1, 0.15) is 12.0 Å². The number of amides is 2. The number of hydrogen-bond donors (Lipinski definition) is 1. The molecule has 3 rings (SSSR count). The normalized spacial score (nSPS) is 10.9. The van der Waals surface area contributed by atoms with E-state index >= 15 is 0 Å². The van der Waals surface area contributed by atoms with Crippen LogP contribution in [0.3, 0.4) is 0 Å². The molecule has 2 N–H and O–H groups in total. The van der Waals surface area contributed by atoms with Gasteiger partial charge in [0.2, 0.25) is 11.8 Å². The topological polar surface area (TPSA) is 84.5 Å². The van der Waals surface area contributed by atoms with Gasteiger partial charge in [-0.25, -0.2) is 9.07 Å². The van der Waals surface area contributed by atoms with Crippen molar-refractivity contribution in [2.45, 2.75) is 13.0 Å². The number of hydrogen-bond acceptors (Lipinski definition) is 4. The maximum Gasteiger partial charge on any atom is 0.241 e. The van der Waals surface area contributed by atoms with E-state index in [1.165, 1.54) is 29.2 Å². The number of para-hydroxylation sites is 1. The summed E-state index contributed by atoms with van der Waals surface area (Å²) in [6.45, 7) is 0.776. The van der Waals surface area contributed by atoms with Crippen molar-refractivity contribution in [1.29, 1.82) is 0 Å². The monoisotopic (exact) mass is 409 g/mol. The molecule has 0 bridgehead atoms. The third-order valence-corrected chi connectivity index (χ3v) is 4.54. The predicted octanol–water partition coefficient (Wildman–Crippen LogP) is 2.35. The largest absolute Gasteiger partial charge is 0.370 e. The Hall–Kier alpha value is -3.52. The van der Waals surface area contributed by atoms with E-state index in [1.807, 2.05) is 48.5 Å². The second kappa shape index (κ2) is 9.80. The van der Waals surface area contributed by atoms with Gasteiger partial charge in [0, 0.05) is 37.0 Å². The molecule has 8 heteroatoms. The van der Waals surface area contributed by atoms with E-state index in [4.69, 9.17) is 5.73 Å². The van der Waals surface area contributed by atoms with Crippen LogP contribution < -0.4 is 10.6 Å². The summed E-state index contributed by atoms with van der Waals surface area (Å²) in [5, 5.41) is 4.37. The second-order valence-corrected chi connectivity index (χ2v) is 7.04. The van der Waals surface area contributed by atoms with Crippen LogP contribution in [0, 0.1) is 5.82 Å². The Morgan fingerprint density at radius 1 is 1.10 bits per heavy atom. The summed E-state index contributed by atoms with van der Waals surface area (Å²) in [6.07, 6.45) is 3.70. The number of halogens is 1. The van der Waals surface area contributed by atoms with E-state index in [2.05, 4.69) is 5.10 Å². The maximum absolute atomic E-state index is 13.2. The Bertz CT molecular complexity index is 988. The SMILES string of the molecule is CN(CC(=O)N(CCC(N)=O)c1ccc(F)cc1)Cc1cnn(-c2ccccc2)c1. The van der Waals surface area contributed by atoms with Crippen LogP contribution in [0.5, 0.6) is 0 Å². The van der Waals surface area contributed by atoms with Crippen LogP contribution in [0.25, 0.3) is 5.69 Å². The van der Waals surface area contributed by atoms with E-state index < -0.39 is 11.7 Å². The fourth-order valence-electron chi connectivity index (χ4n) is 3.09.